The van der Waals surface area contributed by atoms with Crippen molar-refractivity contribution in [3.05, 3.63) is 17.8 Å². The molecule has 19 heavy (non-hydrogen) atoms. The molecule has 4 N–H and O–H groups in total. The SMILES string of the molecule is CN(C)C1CCN(c2ncc(N)cc2C(N)=O)CC1. The molecule has 0 aromatic carbocycles. The maximum Gasteiger partial charge on any atom is 0.252 e. The van der Waals surface area contributed by atoms with Crippen LogP contribution in [0, 0.1) is 0 Å². The number of hydrogen-bond donors (Lipinski definition) is 2. The van der Waals surface area contributed by atoms with Crippen LogP contribution in [0.2, 0.25) is 0 Å². The van der Waals surface area contributed by atoms with E-state index in [1.54, 1.807) is 12.3 Å². The van der Waals surface area contributed by atoms with Crippen molar-refractivity contribution in [2.45, 2.75) is 18.9 Å². The highest BCUT2D eigenvalue weighted by Crippen LogP contribution is 2.24. The number of piperidine rings is 1. The maximum absolute atomic E-state index is 11.5. The molecule has 1 aliphatic rings. The summed E-state index contributed by atoms with van der Waals surface area (Å²) in [5.74, 6) is 0.170. The number of pyridine rings is 1. The second kappa shape index (κ2) is 5.44. The Morgan fingerprint density at radius 3 is 2.58 bits per heavy atom. The van der Waals surface area contributed by atoms with E-state index in [1.165, 1.54) is 0 Å². The molecule has 0 spiro atoms. The van der Waals surface area contributed by atoms with Crippen molar-refractivity contribution in [3.63, 3.8) is 0 Å². The minimum Gasteiger partial charge on any atom is -0.397 e. The van der Waals surface area contributed by atoms with Gasteiger partial charge in [0.15, 0.2) is 0 Å². The van der Waals surface area contributed by atoms with Gasteiger partial charge in [0, 0.05) is 19.1 Å². The summed E-state index contributed by atoms with van der Waals surface area (Å²) >= 11 is 0. The lowest BCUT2D eigenvalue weighted by atomic mass is 10.0. The van der Waals surface area contributed by atoms with Crippen LogP contribution in [0.5, 0.6) is 0 Å². The van der Waals surface area contributed by atoms with Crippen molar-refractivity contribution in [2.24, 2.45) is 5.73 Å². The first-order chi connectivity index (χ1) is 8.99. The summed E-state index contributed by atoms with van der Waals surface area (Å²) in [7, 11) is 4.19. The predicted molar refractivity (Wildman–Crippen MR) is 76.1 cm³/mol. The summed E-state index contributed by atoms with van der Waals surface area (Å²) in [4.78, 5) is 20.1. The van der Waals surface area contributed by atoms with Crippen LogP contribution in [0.3, 0.4) is 0 Å². The first-order valence-corrected chi connectivity index (χ1v) is 6.45. The van der Waals surface area contributed by atoms with Gasteiger partial charge in [0.1, 0.15) is 5.82 Å². The lowest BCUT2D eigenvalue weighted by Gasteiger charge is -2.36. The molecule has 6 nitrogen and oxygen atoms in total. The molecule has 0 aliphatic carbocycles. The second-order valence-corrected chi connectivity index (χ2v) is 5.19. The monoisotopic (exact) mass is 263 g/mol. The molecule has 0 radical (unpaired) electrons. The molecule has 0 bridgehead atoms. The van der Waals surface area contributed by atoms with E-state index < -0.39 is 5.91 Å². The average Bonchev–Trinajstić information content (AvgIpc) is 2.38. The van der Waals surface area contributed by atoms with Gasteiger partial charge in [-0.05, 0) is 33.0 Å². The predicted octanol–water partition coefficient (Wildman–Crippen LogP) is 0.293. The van der Waals surface area contributed by atoms with Crippen LogP contribution < -0.4 is 16.4 Å². The fraction of sp³-hybridized carbons (Fsp3) is 0.538. The third-order valence-corrected chi connectivity index (χ3v) is 3.65. The van der Waals surface area contributed by atoms with E-state index in [4.69, 9.17) is 11.5 Å². The van der Waals surface area contributed by atoms with Gasteiger partial charge in [-0.25, -0.2) is 4.98 Å². The summed E-state index contributed by atoms with van der Waals surface area (Å²) in [6, 6.07) is 2.19. The van der Waals surface area contributed by atoms with Gasteiger partial charge in [0.25, 0.3) is 5.91 Å². The summed E-state index contributed by atoms with van der Waals surface area (Å²) in [6.45, 7) is 1.75. The highest BCUT2D eigenvalue weighted by molar-refractivity contribution is 5.98. The van der Waals surface area contributed by atoms with Gasteiger partial charge >= 0.3 is 0 Å². The highest BCUT2D eigenvalue weighted by Gasteiger charge is 2.24. The summed E-state index contributed by atoms with van der Waals surface area (Å²) in [5.41, 5.74) is 11.9. The lowest BCUT2D eigenvalue weighted by molar-refractivity contribution is 0.100. The zero-order chi connectivity index (χ0) is 14.0. The van der Waals surface area contributed by atoms with Gasteiger partial charge in [-0.2, -0.15) is 0 Å². The summed E-state index contributed by atoms with van der Waals surface area (Å²) in [5, 5.41) is 0. The van der Waals surface area contributed by atoms with Gasteiger partial charge < -0.3 is 21.3 Å². The normalized spacial score (nSPS) is 16.9. The van der Waals surface area contributed by atoms with Crippen LogP contribution in [-0.2, 0) is 0 Å². The van der Waals surface area contributed by atoms with E-state index in [2.05, 4.69) is 28.9 Å². The van der Waals surface area contributed by atoms with Gasteiger partial charge in [0.05, 0.1) is 17.4 Å². The quantitative estimate of drug-likeness (QED) is 0.818. The summed E-state index contributed by atoms with van der Waals surface area (Å²) < 4.78 is 0. The number of carbonyl (C=O) groups is 1. The molecular weight excluding hydrogens is 242 g/mol. The highest BCUT2D eigenvalue weighted by atomic mass is 16.1. The molecule has 0 atom stereocenters. The molecule has 2 rings (SSSR count). The van der Waals surface area contributed by atoms with Crippen molar-refractivity contribution >= 4 is 17.4 Å². The van der Waals surface area contributed by atoms with E-state index in [-0.39, 0.29) is 0 Å². The van der Waals surface area contributed by atoms with Crippen LogP contribution in [0.1, 0.15) is 23.2 Å². The first kappa shape index (κ1) is 13.6. The van der Waals surface area contributed by atoms with Crippen LogP contribution >= 0.6 is 0 Å². The smallest absolute Gasteiger partial charge is 0.252 e. The minimum atomic E-state index is -0.482. The van der Waals surface area contributed by atoms with Crippen LogP contribution in [0.25, 0.3) is 0 Å². The third-order valence-electron chi connectivity index (χ3n) is 3.65. The molecule has 0 saturated carbocycles. The number of carbonyl (C=O) groups excluding carboxylic acids is 1. The Kier molecular flexibility index (Phi) is 3.90. The van der Waals surface area contributed by atoms with Crippen molar-refractivity contribution in [2.75, 3.05) is 37.8 Å². The standard InChI is InChI=1S/C13H21N5O/c1-17(2)10-3-5-18(6-4-10)13-11(12(15)19)7-9(14)8-16-13/h7-8,10H,3-6,14H2,1-2H3,(H2,15,19). The fourth-order valence-corrected chi connectivity index (χ4v) is 2.50. The first-order valence-electron chi connectivity index (χ1n) is 6.45. The Hall–Kier alpha value is -1.82. The molecule has 1 aromatic heterocycles. The van der Waals surface area contributed by atoms with Crippen LogP contribution in [0.15, 0.2) is 12.3 Å². The topological polar surface area (TPSA) is 88.5 Å². The minimum absolute atomic E-state index is 0.406. The summed E-state index contributed by atoms with van der Waals surface area (Å²) in [6.07, 6.45) is 3.67. The van der Waals surface area contributed by atoms with Crippen molar-refractivity contribution < 1.29 is 4.79 Å². The molecule has 1 aromatic rings. The lowest BCUT2D eigenvalue weighted by Crippen LogP contribution is -2.43. The average molecular weight is 263 g/mol. The van der Waals surface area contributed by atoms with Crippen LogP contribution in [0.4, 0.5) is 11.5 Å². The molecule has 2 heterocycles. The van der Waals surface area contributed by atoms with Crippen molar-refractivity contribution in [3.8, 4) is 0 Å². The Balaban J connectivity index is 2.17. The Morgan fingerprint density at radius 2 is 2.05 bits per heavy atom. The largest absolute Gasteiger partial charge is 0.397 e. The van der Waals surface area contributed by atoms with E-state index in [0.29, 0.717) is 23.1 Å². The Labute approximate surface area is 113 Å². The van der Waals surface area contributed by atoms with E-state index in [9.17, 15) is 4.79 Å². The maximum atomic E-state index is 11.5. The number of aromatic nitrogens is 1. The van der Waals surface area contributed by atoms with Gasteiger partial charge in [-0.3, -0.25) is 4.79 Å². The zero-order valence-electron chi connectivity index (χ0n) is 11.5. The van der Waals surface area contributed by atoms with Gasteiger partial charge in [-0.1, -0.05) is 0 Å². The van der Waals surface area contributed by atoms with Crippen LogP contribution in [-0.4, -0.2) is 49.0 Å². The van der Waals surface area contributed by atoms with E-state index in [1.807, 2.05) is 0 Å². The number of nitrogens with two attached hydrogens (primary N) is 2. The number of hydrogen-bond acceptors (Lipinski definition) is 5. The zero-order valence-corrected chi connectivity index (χ0v) is 11.5. The molecule has 6 heteroatoms. The van der Waals surface area contributed by atoms with E-state index >= 15 is 0 Å². The molecule has 1 aliphatic heterocycles. The Morgan fingerprint density at radius 1 is 1.42 bits per heavy atom. The third kappa shape index (κ3) is 2.96. The van der Waals surface area contributed by atoms with Crippen molar-refractivity contribution in [1.29, 1.82) is 0 Å². The number of anilines is 2. The number of amides is 1. The molecule has 0 unspecified atom stereocenters. The molecule has 1 saturated heterocycles. The molecule has 104 valence electrons. The molecule has 1 fully saturated rings. The van der Waals surface area contributed by atoms with Crippen molar-refractivity contribution in [1.82, 2.24) is 9.88 Å². The van der Waals surface area contributed by atoms with E-state index in [0.717, 1.165) is 25.9 Å². The number of nitrogen functional groups attached to an aromatic ring is 1. The van der Waals surface area contributed by atoms with Gasteiger partial charge in [0.2, 0.25) is 0 Å². The molecule has 1 amide bonds. The number of rotatable bonds is 3. The second-order valence-electron chi connectivity index (χ2n) is 5.19. The van der Waals surface area contributed by atoms with Gasteiger partial charge in [-0.15, -0.1) is 0 Å². The fourth-order valence-electron chi connectivity index (χ4n) is 2.50. The Bertz CT molecular complexity index is 466. The number of nitrogens with zero attached hydrogens (tertiary/aromatic N) is 3. The molecular formula is C13H21N5O. The number of primary amides is 1.